The van der Waals surface area contributed by atoms with Crippen LogP contribution in [0.5, 0.6) is 0 Å². The van der Waals surface area contributed by atoms with Gasteiger partial charge in [-0.15, -0.1) is 0 Å². The third-order valence-electron chi connectivity index (χ3n) is 6.03. The molecule has 5 nitrogen and oxygen atoms in total. The van der Waals surface area contributed by atoms with Crippen molar-refractivity contribution in [1.29, 1.82) is 0 Å². The Morgan fingerprint density at radius 3 is 1.12 bits per heavy atom. The first kappa shape index (κ1) is 31.9. The molecule has 0 bridgehead atoms. The van der Waals surface area contributed by atoms with Gasteiger partial charge < -0.3 is 14.2 Å². The van der Waals surface area contributed by atoms with Crippen LogP contribution in [0.3, 0.4) is 0 Å². The molecule has 0 fully saturated rings. The minimum Gasteiger partial charge on any atom is -0.460 e. The largest absolute Gasteiger partial charge is 0.460 e. The van der Waals surface area contributed by atoms with E-state index in [0.29, 0.717) is 13.2 Å². The van der Waals surface area contributed by atoms with Gasteiger partial charge in [0.2, 0.25) is 0 Å². The van der Waals surface area contributed by atoms with E-state index < -0.39 is 0 Å². The predicted octanol–water partition coefficient (Wildman–Crippen LogP) is 7.93. The molecular weight excluding hydrogens is 416 g/mol. The summed E-state index contributed by atoms with van der Waals surface area (Å²) in [6.45, 7) is 8.11. The summed E-state index contributed by atoms with van der Waals surface area (Å²) >= 11 is 0. The number of carbonyl (C=O) groups is 2. The normalized spacial score (nSPS) is 13.0. The van der Waals surface area contributed by atoms with Gasteiger partial charge in [-0.1, -0.05) is 104 Å². The summed E-state index contributed by atoms with van der Waals surface area (Å²) < 4.78 is 16.8. The van der Waals surface area contributed by atoms with Crippen molar-refractivity contribution in [2.45, 2.75) is 155 Å². The standard InChI is InChI=1S/C28H54O5/c1-5-7-9-11-13-15-17-19-21-27(32-25(3)29)23-31-24-28(33-26(4)30)22-20-18-16-14-12-10-8-6-2/h27-28H,5-24H2,1-4H3. The number of hydrogen-bond acceptors (Lipinski definition) is 5. The van der Waals surface area contributed by atoms with Crippen molar-refractivity contribution in [1.82, 2.24) is 0 Å². The van der Waals surface area contributed by atoms with Crippen LogP contribution < -0.4 is 0 Å². The van der Waals surface area contributed by atoms with E-state index in [1.165, 1.54) is 104 Å². The molecule has 0 aromatic rings. The van der Waals surface area contributed by atoms with Crippen LogP contribution >= 0.6 is 0 Å². The monoisotopic (exact) mass is 470 g/mol. The molecule has 0 heterocycles. The lowest BCUT2D eigenvalue weighted by Gasteiger charge is -2.21. The average molecular weight is 471 g/mol. The Kier molecular flexibility index (Phi) is 23.2. The van der Waals surface area contributed by atoms with Gasteiger partial charge in [-0.2, -0.15) is 0 Å². The Morgan fingerprint density at radius 2 is 0.818 bits per heavy atom. The number of unbranched alkanes of at least 4 members (excludes halogenated alkanes) is 14. The molecule has 0 spiro atoms. The molecule has 0 aliphatic rings. The molecule has 196 valence electrons. The van der Waals surface area contributed by atoms with E-state index >= 15 is 0 Å². The van der Waals surface area contributed by atoms with E-state index in [1.807, 2.05) is 0 Å². The van der Waals surface area contributed by atoms with Crippen LogP contribution in [0.2, 0.25) is 0 Å². The Morgan fingerprint density at radius 1 is 0.515 bits per heavy atom. The number of hydrogen-bond donors (Lipinski definition) is 0. The number of rotatable bonds is 24. The summed E-state index contributed by atoms with van der Waals surface area (Å²) in [6, 6.07) is 0. The summed E-state index contributed by atoms with van der Waals surface area (Å²) in [6.07, 6.45) is 21.2. The minimum atomic E-state index is -0.265. The summed E-state index contributed by atoms with van der Waals surface area (Å²) in [5.41, 5.74) is 0. The molecule has 0 saturated heterocycles. The van der Waals surface area contributed by atoms with Crippen LogP contribution in [0, 0.1) is 0 Å². The molecule has 0 radical (unpaired) electrons. The van der Waals surface area contributed by atoms with Crippen LogP contribution in [0.15, 0.2) is 0 Å². The maximum atomic E-state index is 11.5. The number of carbonyl (C=O) groups excluding carboxylic acids is 2. The molecule has 0 aromatic heterocycles. The zero-order valence-electron chi connectivity index (χ0n) is 22.3. The van der Waals surface area contributed by atoms with Gasteiger partial charge in [-0.3, -0.25) is 9.59 Å². The SMILES string of the molecule is CCCCCCCCCCC(COCC(CCCCCCCCCC)OC(C)=O)OC(C)=O. The smallest absolute Gasteiger partial charge is 0.302 e. The first-order valence-corrected chi connectivity index (χ1v) is 13.9. The summed E-state index contributed by atoms with van der Waals surface area (Å²) in [4.78, 5) is 22.9. The van der Waals surface area contributed by atoms with E-state index in [-0.39, 0.29) is 24.1 Å². The van der Waals surface area contributed by atoms with E-state index in [2.05, 4.69) is 13.8 Å². The topological polar surface area (TPSA) is 61.8 Å². The van der Waals surface area contributed by atoms with Crippen molar-refractivity contribution in [3.05, 3.63) is 0 Å². The Labute approximate surface area is 204 Å². The van der Waals surface area contributed by atoms with Gasteiger partial charge in [-0.25, -0.2) is 0 Å². The quantitative estimate of drug-likeness (QED) is 0.106. The molecule has 2 atom stereocenters. The second kappa shape index (κ2) is 24.0. The molecule has 5 heteroatoms. The van der Waals surface area contributed by atoms with Crippen molar-refractivity contribution in [2.75, 3.05) is 13.2 Å². The molecule has 0 rings (SSSR count). The van der Waals surface area contributed by atoms with E-state index in [0.717, 1.165) is 25.7 Å². The highest BCUT2D eigenvalue weighted by Gasteiger charge is 2.16. The summed E-state index contributed by atoms with van der Waals surface area (Å²) in [5, 5.41) is 0. The fourth-order valence-electron chi connectivity index (χ4n) is 4.16. The molecule has 2 unspecified atom stereocenters. The highest BCUT2D eigenvalue weighted by molar-refractivity contribution is 5.66. The molecule has 33 heavy (non-hydrogen) atoms. The van der Waals surface area contributed by atoms with Gasteiger partial charge in [0.15, 0.2) is 0 Å². The zero-order chi connectivity index (χ0) is 24.6. The first-order chi connectivity index (χ1) is 16.0. The molecule has 0 saturated carbocycles. The van der Waals surface area contributed by atoms with Gasteiger partial charge in [0.25, 0.3) is 0 Å². The van der Waals surface area contributed by atoms with Crippen molar-refractivity contribution in [3.8, 4) is 0 Å². The van der Waals surface area contributed by atoms with Gasteiger partial charge in [0.1, 0.15) is 12.2 Å². The van der Waals surface area contributed by atoms with Gasteiger partial charge >= 0.3 is 11.9 Å². The summed E-state index contributed by atoms with van der Waals surface area (Å²) in [7, 11) is 0. The molecular formula is C28H54O5. The third kappa shape index (κ3) is 23.8. The average Bonchev–Trinajstić information content (AvgIpc) is 2.76. The Hall–Kier alpha value is -1.10. The van der Waals surface area contributed by atoms with E-state index in [9.17, 15) is 9.59 Å². The highest BCUT2D eigenvalue weighted by atomic mass is 16.6. The number of esters is 2. The van der Waals surface area contributed by atoms with Gasteiger partial charge in [0, 0.05) is 13.8 Å². The lowest BCUT2D eigenvalue weighted by Crippen LogP contribution is -2.27. The molecule has 0 aliphatic carbocycles. The first-order valence-electron chi connectivity index (χ1n) is 13.9. The van der Waals surface area contributed by atoms with E-state index in [1.54, 1.807) is 0 Å². The second-order valence-electron chi connectivity index (χ2n) is 9.53. The van der Waals surface area contributed by atoms with Crippen molar-refractivity contribution >= 4 is 11.9 Å². The highest BCUT2D eigenvalue weighted by Crippen LogP contribution is 2.15. The predicted molar refractivity (Wildman–Crippen MR) is 136 cm³/mol. The maximum absolute atomic E-state index is 11.5. The van der Waals surface area contributed by atoms with Crippen molar-refractivity contribution in [2.24, 2.45) is 0 Å². The molecule has 0 aliphatic heterocycles. The van der Waals surface area contributed by atoms with Crippen LogP contribution in [0.25, 0.3) is 0 Å². The Bertz CT molecular complexity index is 412. The lowest BCUT2D eigenvalue weighted by molar-refractivity contribution is -0.154. The van der Waals surface area contributed by atoms with Crippen LogP contribution in [-0.2, 0) is 23.8 Å². The molecule has 0 N–H and O–H groups in total. The maximum Gasteiger partial charge on any atom is 0.302 e. The van der Waals surface area contributed by atoms with Crippen LogP contribution in [0.4, 0.5) is 0 Å². The number of ether oxygens (including phenoxy) is 3. The van der Waals surface area contributed by atoms with Crippen LogP contribution in [0.1, 0.15) is 143 Å². The van der Waals surface area contributed by atoms with Crippen molar-refractivity contribution < 1.29 is 23.8 Å². The minimum absolute atomic E-state index is 0.219. The van der Waals surface area contributed by atoms with Gasteiger partial charge in [0.05, 0.1) is 13.2 Å². The molecule has 0 amide bonds. The third-order valence-corrected chi connectivity index (χ3v) is 6.03. The van der Waals surface area contributed by atoms with Gasteiger partial charge in [-0.05, 0) is 25.7 Å². The van der Waals surface area contributed by atoms with Crippen LogP contribution in [-0.4, -0.2) is 37.4 Å². The summed E-state index contributed by atoms with van der Waals surface area (Å²) in [5.74, 6) is -0.530. The zero-order valence-corrected chi connectivity index (χ0v) is 22.3. The second-order valence-corrected chi connectivity index (χ2v) is 9.53. The fourth-order valence-corrected chi connectivity index (χ4v) is 4.16. The lowest BCUT2D eigenvalue weighted by atomic mass is 10.1. The fraction of sp³-hybridized carbons (Fsp3) is 0.929. The molecule has 0 aromatic carbocycles. The van der Waals surface area contributed by atoms with E-state index in [4.69, 9.17) is 14.2 Å². The Balaban J connectivity index is 4.11. The van der Waals surface area contributed by atoms with Crippen molar-refractivity contribution in [3.63, 3.8) is 0 Å².